The van der Waals surface area contributed by atoms with Crippen LogP contribution in [0.2, 0.25) is 5.28 Å². The zero-order valence-corrected chi connectivity index (χ0v) is 11.3. The highest BCUT2D eigenvalue weighted by molar-refractivity contribution is 6.28. The summed E-state index contributed by atoms with van der Waals surface area (Å²) in [5, 5.41) is 10.7. The lowest BCUT2D eigenvalue weighted by atomic mass is 10.3. The van der Waals surface area contributed by atoms with Crippen molar-refractivity contribution in [2.75, 3.05) is 49.7 Å². The summed E-state index contributed by atoms with van der Waals surface area (Å²) < 4.78 is 31.1. The maximum atomic E-state index is 13.0. The van der Waals surface area contributed by atoms with Crippen molar-refractivity contribution in [2.24, 2.45) is 0 Å². The molecule has 0 spiro atoms. The fourth-order valence-electron chi connectivity index (χ4n) is 1.59. The number of nitrogens with zero attached hydrogens (tertiary/aromatic N) is 4. The van der Waals surface area contributed by atoms with Gasteiger partial charge < -0.3 is 20.1 Å². The second-order valence-corrected chi connectivity index (χ2v) is 4.53. The van der Waals surface area contributed by atoms with Gasteiger partial charge in [0.2, 0.25) is 17.2 Å². The van der Waals surface area contributed by atoms with E-state index >= 15 is 0 Å². The summed E-state index contributed by atoms with van der Waals surface area (Å²) in [6, 6.07) is 0. The zero-order chi connectivity index (χ0) is 14.6. The Hall–Kier alpha value is -1.32. The van der Waals surface area contributed by atoms with Crippen molar-refractivity contribution in [2.45, 2.75) is 5.92 Å². The second-order valence-electron chi connectivity index (χ2n) is 4.20. The van der Waals surface area contributed by atoms with Crippen LogP contribution in [-0.4, -0.2) is 65.4 Å². The molecule has 1 fully saturated rings. The monoisotopic (exact) mass is 309 g/mol. The van der Waals surface area contributed by atoms with Crippen molar-refractivity contribution in [1.82, 2.24) is 15.0 Å². The molecule has 1 saturated heterocycles. The van der Waals surface area contributed by atoms with Gasteiger partial charge in [-0.2, -0.15) is 15.0 Å². The fraction of sp³-hybridized carbons (Fsp3) is 0.700. The first-order chi connectivity index (χ1) is 9.50. The number of morpholine rings is 1. The molecule has 2 heterocycles. The zero-order valence-electron chi connectivity index (χ0n) is 10.5. The SMILES string of the molecule is OCC(F)(F)CNc1nc(Cl)nc(N2CCOCC2)n1. The molecule has 20 heavy (non-hydrogen) atoms. The molecule has 2 rings (SSSR count). The Balaban J connectivity index is 2.08. The third kappa shape index (κ3) is 4.09. The van der Waals surface area contributed by atoms with Crippen LogP contribution in [0, 0.1) is 0 Å². The average molecular weight is 310 g/mol. The summed E-state index contributed by atoms with van der Waals surface area (Å²) in [6.45, 7) is 0.212. The van der Waals surface area contributed by atoms with E-state index < -0.39 is 19.1 Å². The number of nitrogens with one attached hydrogen (secondary N) is 1. The maximum absolute atomic E-state index is 13.0. The molecule has 0 amide bonds. The van der Waals surface area contributed by atoms with Gasteiger partial charge in [0.25, 0.3) is 5.92 Å². The summed E-state index contributed by atoms with van der Waals surface area (Å²) in [6.07, 6.45) is 0. The molecule has 1 aliphatic heterocycles. The first kappa shape index (κ1) is 15.1. The summed E-state index contributed by atoms with van der Waals surface area (Å²) in [4.78, 5) is 13.5. The lowest BCUT2D eigenvalue weighted by Crippen LogP contribution is -2.37. The Morgan fingerprint density at radius 3 is 2.65 bits per heavy atom. The van der Waals surface area contributed by atoms with E-state index in [2.05, 4.69) is 20.3 Å². The van der Waals surface area contributed by atoms with Crippen LogP contribution in [-0.2, 0) is 4.74 Å². The topological polar surface area (TPSA) is 83.4 Å². The van der Waals surface area contributed by atoms with Crippen LogP contribution < -0.4 is 10.2 Å². The van der Waals surface area contributed by atoms with Crippen molar-refractivity contribution >= 4 is 23.5 Å². The molecule has 10 heteroatoms. The highest BCUT2D eigenvalue weighted by Gasteiger charge is 2.28. The Kier molecular flexibility index (Phi) is 4.84. The number of hydrogen-bond donors (Lipinski definition) is 2. The third-order valence-electron chi connectivity index (χ3n) is 2.63. The number of aliphatic hydroxyl groups excluding tert-OH is 1. The van der Waals surface area contributed by atoms with E-state index in [1.54, 1.807) is 0 Å². The summed E-state index contributed by atoms with van der Waals surface area (Å²) in [5.41, 5.74) is 0. The van der Waals surface area contributed by atoms with Crippen molar-refractivity contribution in [3.8, 4) is 0 Å². The Morgan fingerprint density at radius 1 is 1.30 bits per heavy atom. The van der Waals surface area contributed by atoms with Crippen LogP contribution >= 0.6 is 11.6 Å². The van der Waals surface area contributed by atoms with Crippen LogP contribution in [0.5, 0.6) is 0 Å². The second kappa shape index (κ2) is 6.42. The normalized spacial score (nSPS) is 16.3. The van der Waals surface area contributed by atoms with Crippen molar-refractivity contribution in [3.63, 3.8) is 0 Å². The molecule has 112 valence electrons. The van der Waals surface area contributed by atoms with E-state index in [0.717, 1.165) is 0 Å². The maximum Gasteiger partial charge on any atom is 0.287 e. The molecule has 7 nitrogen and oxygen atoms in total. The van der Waals surface area contributed by atoms with Crippen molar-refractivity contribution in [1.29, 1.82) is 0 Å². The summed E-state index contributed by atoms with van der Waals surface area (Å²) in [7, 11) is 0. The van der Waals surface area contributed by atoms with E-state index in [-0.39, 0.29) is 11.2 Å². The number of rotatable bonds is 5. The number of hydrogen-bond acceptors (Lipinski definition) is 7. The van der Waals surface area contributed by atoms with Gasteiger partial charge in [0.15, 0.2) is 0 Å². The van der Waals surface area contributed by atoms with Gasteiger partial charge in [-0.05, 0) is 11.6 Å². The minimum absolute atomic E-state index is 0.0559. The van der Waals surface area contributed by atoms with Gasteiger partial charge in [-0.15, -0.1) is 0 Å². The van der Waals surface area contributed by atoms with Gasteiger partial charge >= 0.3 is 0 Å². The van der Waals surface area contributed by atoms with E-state index in [1.165, 1.54) is 0 Å². The number of ether oxygens (including phenoxy) is 1. The van der Waals surface area contributed by atoms with Gasteiger partial charge in [-0.1, -0.05) is 0 Å². The Labute approximate surface area is 118 Å². The van der Waals surface area contributed by atoms with Crippen molar-refractivity contribution in [3.05, 3.63) is 5.28 Å². The molecule has 0 aromatic carbocycles. The highest BCUT2D eigenvalue weighted by atomic mass is 35.5. The number of aromatic nitrogens is 3. The largest absolute Gasteiger partial charge is 0.390 e. The van der Waals surface area contributed by atoms with Crippen LogP contribution in [0.3, 0.4) is 0 Å². The molecular weight excluding hydrogens is 296 g/mol. The molecule has 0 saturated carbocycles. The smallest absolute Gasteiger partial charge is 0.287 e. The molecule has 1 aromatic rings. The predicted octanol–water partition coefficient (Wildman–Crippen LogP) is 0.401. The van der Waals surface area contributed by atoms with Gasteiger partial charge in [0.05, 0.1) is 19.8 Å². The lowest BCUT2D eigenvalue weighted by Gasteiger charge is -2.26. The predicted molar refractivity (Wildman–Crippen MR) is 68.4 cm³/mol. The quantitative estimate of drug-likeness (QED) is 0.814. The first-order valence-corrected chi connectivity index (χ1v) is 6.35. The Morgan fingerprint density at radius 2 is 2.00 bits per heavy atom. The van der Waals surface area contributed by atoms with Gasteiger partial charge in [-0.3, -0.25) is 0 Å². The first-order valence-electron chi connectivity index (χ1n) is 5.97. The molecule has 0 radical (unpaired) electrons. The number of anilines is 2. The van der Waals surface area contributed by atoms with E-state index in [1.807, 2.05) is 4.90 Å². The molecule has 0 aliphatic carbocycles. The minimum Gasteiger partial charge on any atom is -0.390 e. The van der Waals surface area contributed by atoms with Crippen LogP contribution in [0.25, 0.3) is 0 Å². The van der Waals surface area contributed by atoms with E-state index in [0.29, 0.717) is 32.3 Å². The molecule has 2 N–H and O–H groups in total. The minimum atomic E-state index is -3.25. The number of aliphatic hydroxyl groups is 1. The van der Waals surface area contributed by atoms with Crippen LogP contribution in [0.15, 0.2) is 0 Å². The molecule has 0 atom stereocenters. The van der Waals surface area contributed by atoms with Crippen molar-refractivity contribution < 1.29 is 18.6 Å². The van der Waals surface area contributed by atoms with Crippen LogP contribution in [0.1, 0.15) is 0 Å². The van der Waals surface area contributed by atoms with Gasteiger partial charge in [0.1, 0.15) is 6.61 Å². The average Bonchev–Trinajstić information content (AvgIpc) is 2.46. The van der Waals surface area contributed by atoms with Crippen LogP contribution in [0.4, 0.5) is 20.7 Å². The highest BCUT2D eigenvalue weighted by Crippen LogP contribution is 2.17. The fourth-order valence-corrected chi connectivity index (χ4v) is 1.74. The number of alkyl halides is 2. The Bertz CT molecular complexity index is 459. The summed E-state index contributed by atoms with van der Waals surface area (Å²) >= 11 is 5.76. The van der Waals surface area contributed by atoms with E-state index in [9.17, 15) is 8.78 Å². The third-order valence-corrected chi connectivity index (χ3v) is 2.80. The van der Waals surface area contributed by atoms with Gasteiger partial charge in [0, 0.05) is 13.1 Å². The standard InChI is InChI=1S/C10H14ClF2N5O2/c11-7-15-8(14-5-10(12,13)6-19)17-9(16-7)18-1-3-20-4-2-18/h19H,1-6H2,(H,14,15,16,17). The molecular formula is C10H14ClF2N5O2. The molecule has 0 unspecified atom stereocenters. The molecule has 1 aromatic heterocycles. The molecule has 1 aliphatic rings. The molecule has 0 bridgehead atoms. The lowest BCUT2D eigenvalue weighted by molar-refractivity contribution is -0.0374. The van der Waals surface area contributed by atoms with Gasteiger partial charge in [-0.25, -0.2) is 8.78 Å². The summed E-state index contributed by atoms with van der Waals surface area (Å²) in [5.74, 6) is -3.00. The number of halogens is 3. The van der Waals surface area contributed by atoms with E-state index in [4.69, 9.17) is 21.4 Å².